The number of nitriles is 1. The number of carboxylic acids is 1. The summed E-state index contributed by atoms with van der Waals surface area (Å²) in [5.41, 5.74) is 2.78. The van der Waals surface area contributed by atoms with E-state index in [4.69, 9.17) is 5.10 Å². The summed E-state index contributed by atoms with van der Waals surface area (Å²) in [6, 6.07) is 14.6. The molecule has 0 atom stereocenters. The van der Waals surface area contributed by atoms with Crippen molar-refractivity contribution >= 4 is 16.9 Å². The zero-order valence-electron chi connectivity index (χ0n) is 16.2. The van der Waals surface area contributed by atoms with E-state index in [1.165, 1.54) is 12.1 Å². The molecule has 0 spiro atoms. The van der Waals surface area contributed by atoms with Crippen LogP contribution in [0.5, 0.6) is 0 Å². The molecular weight excluding hydrogens is 369 g/mol. The molecule has 0 radical (unpaired) electrons. The summed E-state index contributed by atoms with van der Waals surface area (Å²) < 4.78 is 15.2. The molecule has 3 aromatic rings. The van der Waals surface area contributed by atoms with Gasteiger partial charge in [0, 0.05) is 5.39 Å². The Morgan fingerprint density at radius 1 is 1.28 bits per heavy atom. The highest BCUT2D eigenvalue weighted by Crippen LogP contribution is 2.42. The molecule has 0 bridgehead atoms. The molecule has 0 unspecified atom stereocenters. The molecule has 6 heteroatoms. The van der Waals surface area contributed by atoms with Gasteiger partial charge in [-0.3, -0.25) is 4.79 Å². The smallest absolute Gasteiger partial charge is 0.306 e. The molecule has 0 aliphatic heterocycles. The minimum absolute atomic E-state index is 0.305. The second kappa shape index (κ2) is 7.32. The van der Waals surface area contributed by atoms with Gasteiger partial charge in [-0.25, -0.2) is 9.07 Å². The second-order valence-corrected chi connectivity index (χ2v) is 7.73. The number of benzene rings is 2. The third kappa shape index (κ3) is 3.27. The van der Waals surface area contributed by atoms with Crippen LogP contribution >= 0.6 is 0 Å². The zero-order valence-corrected chi connectivity index (χ0v) is 16.2. The Balaban J connectivity index is 1.81. The summed E-state index contributed by atoms with van der Waals surface area (Å²) in [4.78, 5) is 11.3. The Hall–Kier alpha value is -3.20. The topological polar surface area (TPSA) is 78.9 Å². The van der Waals surface area contributed by atoms with Crippen LogP contribution in [0, 0.1) is 23.1 Å². The largest absolute Gasteiger partial charge is 0.481 e. The number of carbonyl (C=O) groups is 1. The van der Waals surface area contributed by atoms with Gasteiger partial charge in [-0.1, -0.05) is 19.1 Å². The first-order valence-electron chi connectivity index (χ1n) is 9.89. The predicted octanol–water partition coefficient (Wildman–Crippen LogP) is 4.76. The Kier molecular flexibility index (Phi) is 4.83. The van der Waals surface area contributed by atoms with E-state index in [2.05, 4.69) is 6.07 Å². The normalized spacial score (nSPS) is 21.8. The Morgan fingerprint density at radius 3 is 2.55 bits per heavy atom. The molecule has 148 valence electrons. The highest BCUT2D eigenvalue weighted by atomic mass is 19.1. The van der Waals surface area contributed by atoms with Crippen LogP contribution in [0.1, 0.15) is 43.9 Å². The maximum Gasteiger partial charge on any atom is 0.306 e. The van der Waals surface area contributed by atoms with Gasteiger partial charge in [0.15, 0.2) is 0 Å². The van der Waals surface area contributed by atoms with E-state index < -0.39 is 11.4 Å². The second-order valence-electron chi connectivity index (χ2n) is 7.73. The summed E-state index contributed by atoms with van der Waals surface area (Å²) in [5, 5.41) is 25.0. The molecule has 1 aromatic heterocycles. The van der Waals surface area contributed by atoms with Gasteiger partial charge in [-0.05, 0) is 68.0 Å². The average Bonchev–Trinajstić information content (AvgIpc) is 3.12. The van der Waals surface area contributed by atoms with E-state index >= 15 is 0 Å². The van der Waals surface area contributed by atoms with Crippen LogP contribution in [0.25, 0.3) is 16.6 Å². The SMILES string of the molecule is CCc1nn(-c2ccc(F)cc2)c2cc(C3(C#N)CCC(C(=O)O)CC3)ccc12. The molecule has 2 aromatic carbocycles. The van der Waals surface area contributed by atoms with E-state index in [1.807, 2.05) is 25.1 Å². The van der Waals surface area contributed by atoms with Crippen LogP contribution in [0.3, 0.4) is 0 Å². The molecule has 0 saturated heterocycles. The first-order valence-corrected chi connectivity index (χ1v) is 9.89. The summed E-state index contributed by atoms with van der Waals surface area (Å²) in [7, 11) is 0. The van der Waals surface area contributed by atoms with Gasteiger partial charge in [0.1, 0.15) is 5.82 Å². The molecule has 1 aliphatic carbocycles. The summed E-state index contributed by atoms with van der Waals surface area (Å²) >= 11 is 0. The van der Waals surface area contributed by atoms with Crippen LogP contribution in [0.4, 0.5) is 4.39 Å². The lowest BCUT2D eigenvalue weighted by atomic mass is 9.67. The van der Waals surface area contributed by atoms with Crippen molar-refractivity contribution < 1.29 is 14.3 Å². The molecule has 0 amide bonds. The maximum absolute atomic E-state index is 13.4. The minimum Gasteiger partial charge on any atom is -0.481 e. The van der Waals surface area contributed by atoms with Crippen molar-refractivity contribution in [3.63, 3.8) is 0 Å². The van der Waals surface area contributed by atoms with Crippen LogP contribution < -0.4 is 0 Å². The van der Waals surface area contributed by atoms with Gasteiger partial charge in [0.25, 0.3) is 0 Å². The van der Waals surface area contributed by atoms with Gasteiger partial charge < -0.3 is 5.11 Å². The number of aliphatic carboxylic acids is 1. The van der Waals surface area contributed by atoms with Gasteiger partial charge in [-0.15, -0.1) is 0 Å². The van der Waals surface area contributed by atoms with Gasteiger partial charge in [0.05, 0.1) is 34.3 Å². The van der Waals surface area contributed by atoms with Crippen molar-refractivity contribution in [3.8, 4) is 11.8 Å². The third-order valence-corrected chi connectivity index (χ3v) is 6.12. The van der Waals surface area contributed by atoms with E-state index in [0.717, 1.165) is 34.3 Å². The number of hydrogen-bond donors (Lipinski definition) is 1. The van der Waals surface area contributed by atoms with E-state index in [0.29, 0.717) is 25.7 Å². The monoisotopic (exact) mass is 391 g/mol. The van der Waals surface area contributed by atoms with Crippen molar-refractivity contribution in [1.82, 2.24) is 9.78 Å². The highest BCUT2D eigenvalue weighted by Gasteiger charge is 2.39. The maximum atomic E-state index is 13.4. The quantitative estimate of drug-likeness (QED) is 0.695. The van der Waals surface area contributed by atoms with Crippen molar-refractivity contribution in [2.45, 2.75) is 44.4 Å². The van der Waals surface area contributed by atoms with Gasteiger partial charge in [-0.2, -0.15) is 10.4 Å². The minimum atomic E-state index is -0.783. The predicted molar refractivity (Wildman–Crippen MR) is 107 cm³/mol. The van der Waals surface area contributed by atoms with Crippen LogP contribution in [0.15, 0.2) is 42.5 Å². The van der Waals surface area contributed by atoms with E-state index in [9.17, 15) is 19.6 Å². The molecule has 29 heavy (non-hydrogen) atoms. The van der Waals surface area contributed by atoms with Gasteiger partial charge in [0.2, 0.25) is 0 Å². The van der Waals surface area contributed by atoms with Crippen LogP contribution in [-0.4, -0.2) is 20.9 Å². The number of halogens is 1. The fourth-order valence-corrected chi connectivity index (χ4v) is 4.34. The molecule has 4 rings (SSSR count). The first kappa shape index (κ1) is 19.1. The summed E-state index contributed by atoms with van der Waals surface area (Å²) in [6.07, 6.45) is 2.80. The van der Waals surface area contributed by atoms with Gasteiger partial charge >= 0.3 is 5.97 Å². The average molecular weight is 391 g/mol. The van der Waals surface area contributed by atoms with Crippen molar-refractivity contribution in [2.75, 3.05) is 0 Å². The Morgan fingerprint density at radius 2 is 1.97 bits per heavy atom. The summed E-state index contributed by atoms with van der Waals surface area (Å²) in [5.74, 6) is -1.47. The molecule has 1 fully saturated rings. The summed E-state index contributed by atoms with van der Waals surface area (Å²) in [6.45, 7) is 2.04. The number of carboxylic acid groups (broad SMARTS) is 1. The molecular formula is C23H22FN3O2. The number of nitrogens with zero attached hydrogens (tertiary/aromatic N) is 3. The van der Waals surface area contributed by atoms with Crippen LogP contribution in [-0.2, 0) is 16.6 Å². The number of hydrogen-bond acceptors (Lipinski definition) is 3. The molecule has 1 saturated carbocycles. The number of aryl methyl sites for hydroxylation is 1. The number of rotatable bonds is 4. The molecule has 1 N–H and O–H groups in total. The first-order chi connectivity index (χ1) is 14.0. The zero-order chi connectivity index (χ0) is 20.6. The standard InChI is InChI=1S/C23H22FN3O2/c1-2-20-19-8-3-16(23(14-25)11-9-15(10-12-23)22(28)29)13-21(19)27(26-20)18-6-4-17(24)5-7-18/h3-8,13,15H,2,9-12H2,1H3,(H,28,29). The molecule has 1 heterocycles. The fourth-order valence-electron chi connectivity index (χ4n) is 4.34. The van der Waals surface area contributed by atoms with E-state index in [-0.39, 0.29) is 11.7 Å². The fraction of sp³-hybridized carbons (Fsp3) is 0.348. The van der Waals surface area contributed by atoms with Crippen molar-refractivity contribution in [3.05, 3.63) is 59.5 Å². The lowest BCUT2D eigenvalue weighted by Gasteiger charge is -2.34. The molecule has 5 nitrogen and oxygen atoms in total. The number of aromatic nitrogens is 2. The van der Waals surface area contributed by atoms with E-state index in [1.54, 1.807) is 16.8 Å². The molecule has 1 aliphatic rings. The third-order valence-electron chi connectivity index (χ3n) is 6.12. The van der Waals surface area contributed by atoms with Crippen LogP contribution in [0.2, 0.25) is 0 Å². The lowest BCUT2D eigenvalue weighted by Crippen LogP contribution is -2.32. The van der Waals surface area contributed by atoms with Crippen molar-refractivity contribution in [1.29, 1.82) is 5.26 Å². The highest BCUT2D eigenvalue weighted by molar-refractivity contribution is 5.84. The Labute approximate surface area is 168 Å². The van der Waals surface area contributed by atoms with Crippen molar-refractivity contribution in [2.24, 2.45) is 5.92 Å². The lowest BCUT2D eigenvalue weighted by molar-refractivity contribution is -0.143. The Bertz CT molecular complexity index is 1100. The number of fused-ring (bicyclic) bond motifs is 1.